The van der Waals surface area contributed by atoms with E-state index in [-0.39, 0.29) is 39.7 Å². The summed E-state index contributed by atoms with van der Waals surface area (Å²) in [7, 11) is 1.42. The third kappa shape index (κ3) is 2.98. The molecule has 3 saturated carbocycles. The second kappa shape index (κ2) is 7.98. The normalized spacial score (nSPS) is 49.1. The van der Waals surface area contributed by atoms with Crippen LogP contribution in [-0.2, 0) is 14.3 Å². The molecule has 1 saturated heterocycles. The molecule has 0 spiro atoms. The summed E-state index contributed by atoms with van der Waals surface area (Å²) in [5.41, 5.74) is 0.546. The molecule has 4 heteroatoms. The summed E-state index contributed by atoms with van der Waals surface area (Å²) in [6.07, 6.45) is 11.6. The average molecular weight is 487 g/mol. The molecule has 35 heavy (non-hydrogen) atoms. The van der Waals surface area contributed by atoms with E-state index in [2.05, 4.69) is 48.5 Å². The van der Waals surface area contributed by atoms with Crippen molar-refractivity contribution in [3.8, 4) is 0 Å². The maximum absolute atomic E-state index is 12.7. The Morgan fingerprint density at radius 3 is 2.40 bits per heavy atom. The van der Waals surface area contributed by atoms with Gasteiger partial charge in [0.25, 0.3) is 0 Å². The van der Waals surface area contributed by atoms with Gasteiger partial charge < -0.3 is 14.6 Å². The first kappa shape index (κ1) is 25.6. The Hall–Kier alpha value is -1.03. The number of fused-ring (bicyclic) bond motifs is 2. The Morgan fingerprint density at radius 2 is 1.74 bits per heavy atom. The first-order valence-corrected chi connectivity index (χ1v) is 14.5. The number of rotatable bonds is 6. The van der Waals surface area contributed by atoms with Gasteiger partial charge in [0.1, 0.15) is 17.0 Å². The van der Waals surface area contributed by atoms with E-state index in [0.717, 1.165) is 37.0 Å². The number of allylic oxidation sites excluding steroid dienone is 1. The molecule has 0 aromatic carbocycles. The van der Waals surface area contributed by atoms with Gasteiger partial charge in [-0.15, -0.1) is 0 Å². The van der Waals surface area contributed by atoms with Gasteiger partial charge in [-0.2, -0.15) is 0 Å². The number of aliphatic hydroxyl groups excluding tert-OH is 1. The zero-order valence-electron chi connectivity index (χ0n) is 23.6. The second-order valence-electron chi connectivity index (χ2n) is 14.3. The predicted molar refractivity (Wildman–Crippen MR) is 139 cm³/mol. The van der Waals surface area contributed by atoms with E-state index in [4.69, 9.17) is 9.47 Å². The van der Waals surface area contributed by atoms with Crippen LogP contribution < -0.4 is 0 Å². The molecule has 0 bridgehead atoms. The number of epoxide rings is 1. The van der Waals surface area contributed by atoms with Crippen molar-refractivity contribution in [1.82, 2.24) is 0 Å². The van der Waals surface area contributed by atoms with Crippen LogP contribution in [0, 0.1) is 45.8 Å². The molecule has 1 aliphatic heterocycles. The van der Waals surface area contributed by atoms with E-state index in [1.807, 2.05) is 0 Å². The molecular formula is C31H50O4. The fourth-order valence-corrected chi connectivity index (χ4v) is 10.7. The number of ether oxygens (including phenoxy) is 2. The first-order valence-electron chi connectivity index (χ1n) is 14.5. The summed E-state index contributed by atoms with van der Waals surface area (Å²) in [4.78, 5) is 12.7. The number of esters is 1. The fourth-order valence-electron chi connectivity index (χ4n) is 10.7. The van der Waals surface area contributed by atoms with Gasteiger partial charge in [0, 0.05) is 16.7 Å². The molecule has 0 aromatic heterocycles. The van der Waals surface area contributed by atoms with E-state index in [9.17, 15) is 9.90 Å². The van der Waals surface area contributed by atoms with Crippen LogP contribution in [0.1, 0.15) is 113 Å². The lowest BCUT2D eigenvalue weighted by molar-refractivity contribution is -0.139. The minimum Gasteiger partial charge on any atom is -0.511 e. The number of aliphatic hydroxyl groups is 1. The van der Waals surface area contributed by atoms with Crippen LogP contribution >= 0.6 is 0 Å². The third-order valence-corrected chi connectivity index (χ3v) is 12.9. The zero-order chi connectivity index (χ0) is 25.6. The number of hydrogen-bond donors (Lipinski definition) is 1. The van der Waals surface area contributed by atoms with Crippen LogP contribution in [-0.4, -0.2) is 29.4 Å². The van der Waals surface area contributed by atoms with Crippen molar-refractivity contribution < 1.29 is 19.4 Å². The molecule has 1 heterocycles. The fraction of sp³-hybridized carbons (Fsp3) is 0.903. The molecule has 0 aromatic rings. The minimum absolute atomic E-state index is 0.0298. The van der Waals surface area contributed by atoms with Crippen LogP contribution in [0.5, 0.6) is 0 Å². The van der Waals surface area contributed by atoms with Crippen molar-refractivity contribution in [1.29, 1.82) is 0 Å². The molecule has 1 unspecified atom stereocenters. The Morgan fingerprint density at radius 1 is 1.03 bits per heavy atom. The van der Waals surface area contributed by atoms with Gasteiger partial charge in [0.15, 0.2) is 0 Å². The van der Waals surface area contributed by atoms with Crippen LogP contribution in [0.3, 0.4) is 0 Å². The van der Waals surface area contributed by atoms with E-state index < -0.39 is 0 Å². The summed E-state index contributed by atoms with van der Waals surface area (Å²) >= 11 is 0. The van der Waals surface area contributed by atoms with Crippen molar-refractivity contribution in [2.75, 3.05) is 7.11 Å². The van der Waals surface area contributed by atoms with Crippen molar-refractivity contribution in [3.63, 3.8) is 0 Å². The van der Waals surface area contributed by atoms with Gasteiger partial charge in [0.05, 0.1) is 12.7 Å². The maximum Gasteiger partial charge on any atom is 0.337 e. The lowest BCUT2D eigenvalue weighted by Crippen LogP contribution is -2.64. The molecule has 1 N–H and O–H groups in total. The quantitative estimate of drug-likeness (QED) is 0.310. The topological polar surface area (TPSA) is 59.1 Å². The zero-order valence-corrected chi connectivity index (χ0v) is 23.6. The largest absolute Gasteiger partial charge is 0.511 e. The lowest BCUT2D eigenvalue weighted by atomic mass is 9.39. The van der Waals surface area contributed by atoms with Gasteiger partial charge >= 0.3 is 5.97 Å². The Bertz CT molecular complexity index is 923. The standard InChI is InChI=1S/C31H50O4/c1-19(2)10-9-11-20(3)23-12-14-29(7)27(23,5)16-17-30-28(6)18-22(26(33)34-8)25(32)21(4)24(28)13-15-31(29,30)35-30/h19-21,23-24,32H,9-18H2,1-8H3/t20?,21-,23+,24-,27+,28-,29+,30-,31-/m0/s1. The first-order chi connectivity index (χ1) is 16.3. The summed E-state index contributed by atoms with van der Waals surface area (Å²) in [5.74, 6) is 2.51. The van der Waals surface area contributed by atoms with Crippen molar-refractivity contribution in [2.45, 2.75) is 124 Å². The molecule has 4 aliphatic carbocycles. The average Bonchev–Trinajstić information content (AvgIpc) is 3.44. The minimum atomic E-state index is -0.370. The van der Waals surface area contributed by atoms with Crippen molar-refractivity contribution in [3.05, 3.63) is 11.3 Å². The van der Waals surface area contributed by atoms with Gasteiger partial charge in [-0.25, -0.2) is 4.79 Å². The highest BCUT2D eigenvalue weighted by molar-refractivity contribution is 5.89. The number of methoxy groups -OCH3 is 1. The van der Waals surface area contributed by atoms with Crippen LogP contribution in [0.4, 0.5) is 0 Å². The van der Waals surface area contributed by atoms with Gasteiger partial charge in [-0.1, -0.05) is 67.7 Å². The molecule has 4 fully saturated rings. The summed E-state index contributed by atoms with van der Waals surface area (Å²) in [5, 5.41) is 11.0. The van der Waals surface area contributed by atoms with E-state index in [0.29, 0.717) is 23.3 Å². The van der Waals surface area contributed by atoms with Gasteiger partial charge in [-0.05, 0) is 74.0 Å². The highest BCUT2D eigenvalue weighted by Crippen LogP contribution is 2.85. The highest BCUT2D eigenvalue weighted by Gasteiger charge is 2.89. The molecule has 0 amide bonds. The highest BCUT2D eigenvalue weighted by atomic mass is 16.6. The Balaban J connectivity index is 1.46. The molecular weight excluding hydrogens is 436 g/mol. The SMILES string of the molecule is COC(=O)C1=C(O)[C@@H](C)[C@@H]2CC[C@@]34O[C@@]3(CC[C@]3(C)[C@@H](C(C)CCCC(C)C)CC[C@@]43C)[C@@]2(C)C1. The van der Waals surface area contributed by atoms with E-state index in [1.165, 1.54) is 45.6 Å². The van der Waals surface area contributed by atoms with Gasteiger partial charge in [-0.3, -0.25) is 0 Å². The number of carbonyl (C=O) groups excluding carboxylic acids is 1. The molecule has 0 radical (unpaired) electrons. The Labute approximate surface area is 213 Å². The van der Waals surface area contributed by atoms with Crippen LogP contribution in [0.2, 0.25) is 0 Å². The van der Waals surface area contributed by atoms with Crippen molar-refractivity contribution in [2.24, 2.45) is 45.8 Å². The maximum atomic E-state index is 12.7. The molecule has 198 valence electrons. The van der Waals surface area contributed by atoms with E-state index >= 15 is 0 Å². The van der Waals surface area contributed by atoms with Crippen LogP contribution in [0.15, 0.2) is 11.3 Å². The number of carbonyl (C=O) groups is 1. The van der Waals surface area contributed by atoms with Crippen LogP contribution in [0.25, 0.3) is 0 Å². The Kier molecular flexibility index (Phi) is 5.84. The predicted octanol–water partition coefficient (Wildman–Crippen LogP) is 7.61. The summed E-state index contributed by atoms with van der Waals surface area (Å²) < 4.78 is 12.3. The molecule has 5 aliphatic rings. The molecule has 9 atom stereocenters. The molecule has 5 rings (SSSR count). The smallest absolute Gasteiger partial charge is 0.337 e. The monoisotopic (exact) mass is 486 g/mol. The number of hydrogen-bond acceptors (Lipinski definition) is 4. The van der Waals surface area contributed by atoms with Crippen molar-refractivity contribution >= 4 is 5.97 Å². The summed E-state index contributed by atoms with van der Waals surface area (Å²) in [6.45, 7) is 16.8. The summed E-state index contributed by atoms with van der Waals surface area (Å²) in [6, 6.07) is 0. The third-order valence-electron chi connectivity index (χ3n) is 12.9. The van der Waals surface area contributed by atoms with E-state index in [1.54, 1.807) is 0 Å². The van der Waals surface area contributed by atoms with Gasteiger partial charge in [0.2, 0.25) is 0 Å². The molecule has 4 nitrogen and oxygen atoms in total. The lowest BCUT2D eigenvalue weighted by Gasteiger charge is -2.61. The second-order valence-corrected chi connectivity index (χ2v) is 14.3.